The number of rotatable bonds is 6. The molecule has 0 fully saturated rings. The lowest BCUT2D eigenvalue weighted by atomic mass is 10.3. The number of nitrogens with one attached hydrogen (secondary N) is 2. The Hall–Kier alpha value is -1.29. The van der Waals surface area contributed by atoms with E-state index < -0.39 is 0 Å². The molecule has 0 saturated heterocycles. The topological polar surface area (TPSA) is 54.3 Å². The maximum atomic E-state index is 10.8. The smallest absolute Gasteiger partial charge is 0.219 e. The van der Waals surface area contributed by atoms with Gasteiger partial charge in [-0.3, -0.25) is 4.79 Å². The molecule has 1 rings (SSSR count). The Morgan fingerprint density at radius 1 is 1.57 bits per heavy atom. The standard InChI is InChI=1S/C10H16N2O2/c1-11-10(13)3-2-5-12-7-9-4-6-14-8-9/h4,6,8,12H,2-3,5,7H2,1H3,(H,11,13). The van der Waals surface area contributed by atoms with Crippen LogP contribution in [-0.2, 0) is 11.3 Å². The molecule has 1 aromatic rings. The predicted octanol–water partition coefficient (Wildman–Crippen LogP) is 0.895. The maximum absolute atomic E-state index is 10.8. The summed E-state index contributed by atoms with van der Waals surface area (Å²) >= 11 is 0. The molecule has 0 saturated carbocycles. The molecule has 1 aromatic heterocycles. The zero-order valence-corrected chi connectivity index (χ0v) is 8.38. The molecule has 0 radical (unpaired) electrons. The molecular weight excluding hydrogens is 180 g/mol. The van der Waals surface area contributed by atoms with Gasteiger partial charge in [-0.15, -0.1) is 0 Å². The molecule has 2 N–H and O–H groups in total. The summed E-state index contributed by atoms with van der Waals surface area (Å²) < 4.78 is 4.92. The lowest BCUT2D eigenvalue weighted by Gasteiger charge is -2.02. The molecule has 4 nitrogen and oxygen atoms in total. The Balaban J connectivity index is 1.97. The van der Waals surface area contributed by atoms with E-state index in [1.165, 1.54) is 0 Å². The van der Waals surface area contributed by atoms with Crippen LogP contribution in [0.1, 0.15) is 18.4 Å². The molecule has 1 heterocycles. The normalized spacial score (nSPS) is 10.1. The highest BCUT2D eigenvalue weighted by Crippen LogP contribution is 1.98. The van der Waals surface area contributed by atoms with Gasteiger partial charge < -0.3 is 15.1 Å². The lowest BCUT2D eigenvalue weighted by Crippen LogP contribution is -2.20. The van der Waals surface area contributed by atoms with Crippen LogP contribution in [0.2, 0.25) is 0 Å². The highest BCUT2D eigenvalue weighted by molar-refractivity contribution is 5.75. The zero-order chi connectivity index (χ0) is 10.2. The Bertz CT molecular complexity index is 257. The first-order valence-electron chi connectivity index (χ1n) is 4.75. The molecule has 4 heteroatoms. The monoisotopic (exact) mass is 196 g/mol. The first-order valence-corrected chi connectivity index (χ1v) is 4.75. The zero-order valence-electron chi connectivity index (χ0n) is 8.38. The van der Waals surface area contributed by atoms with Gasteiger partial charge in [0, 0.05) is 25.6 Å². The Morgan fingerprint density at radius 2 is 2.43 bits per heavy atom. The fourth-order valence-corrected chi connectivity index (χ4v) is 1.12. The number of hydrogen-bond donors (Lipinski definition) is 2. The summed E-state index contributed by atoms with van der Waals surface area (Å²) in [5.74, 6) is 0.0927. The van der Waals surface area contributed by atoms with Gasteiger partial charge in [0.05, 0.1) is 12.5 Å². The van der Waals surface area contributed by atoms with Crippen molar-refractivity contribution in [1.82, 2.24) is 10.6 Å². The van der Waals surface area contributed by atoms with Crippen molar-refractivity contribution in [3.63, 3.8) is 0 Å². The van der Waals surface area contributed by atoms with Crippen LogP contribution in [0.15, 0.2) is 23.0 Å². The van der Waals surface area contributed by atoms with Crippen LogP contribution in [0, 0.1) is 0 Å². The van der Waals surface area contributed by atoms with E-state index >= 15 is 0 Å². The fourth-order valence-electron chi connectivity index (χ4n) is 1.12. The quantitative estimate of drug-likeness (QED) is 0.664. The van der Waals surface area contributed by atoms with E-state index in [9.17, 15) is 4.79 Å². The second-order valence-corrected chi connectivity index (χ2v) is 3.09. The van der Waals surface area contributed by atoms with Crippen molar-refractivity contribution >= 4 is 5.91 Å². The first kappa shape index (κ1) is 10.8. The van der Waals surface area contributed by atoms with E-state index in [0.717, 1.165) is 25.1 Å². The molecule has 0 aromatic carbocycles. The minimum Gasteiger partial charge on any atom is -0.472 e. The van der Waals surface area contributed by atoms with E-state index in [1.807, 2.05) is 6.07 Å². The summed E-state index contributed by atoms with van der Waals surface area (Å²) in [4.78, 5) is 10.8. The van der Waals surface area contributed by atoms with Gasteiger partial charge in [0.25, 0.3) is 0 Å². The van der Waals surface area contributed by atoms with Gasteiger partial charge >= 0.3 is 0 Å². The number of carbonyl (C=O) groups excluding carboxylic acids is 1. The Kier molecular flexibility index (Phi) is 4.78. The van der Waals surface area contributed by atoms with E-state index in [0.29, 0.717) is 6.42 Å². The van der Waals surface area contributed by atoms with Gasteiger partial charge in [-0.25, -0.2) is 0 Å². The average Bonchev–Trinajstić information content (AvgIpc) is 2.69. The summed E-state index contributed by atoms with van der Waals surface area (Å²) in [5.41, 5.74) is 1.13. The van der Waals surface area contributed by atoms with Crippen LogP contribution in [0.25, 0.3) is 0 Å². The molecule has 0 spiro atoms. The lowest BCUT2D eigenvalue weighted by molar-refractivity contribution is -0.120. The number of amides is 1. The molecule has 0 aliphatic heterocycles. The molecule has 78 valence electrons. The molecule has 0 atom stereocenters. The van der Waals surface area contributed by atoms with Crippen LogP contribution in [-0.4, -0.2) is 19.5 Å². The van der Waals surface area contributed by atoms with Gasteiger partial charge in [-0.05, 0) is 19.0 Å². The van der Waals surface area contributed by atoms with E-state index in [4.69, 9.17) is 4.42 Å². The molecule has 0 bridgehead atoms. The van der Waals surface area contributed by atoms with Gasteiger partial charge in [0.15, 0.2) is 0 Å². The van der Waals surface area contributed by atoms with Crippen molar-refractivity contribution in [3.05, 3.63) is 24.2 Å². The molecule has 0 unspecified atom stereocenters. The third kappa shape index (κ3) is 4.09. The van der Waals surface area contributed by atoms with Gasteiger partial charge in [-0.1, -0.05) is 0 Å². The molecular formula is C10H16N2O2. The van der Waals surface area contributed by atoms with Crippen LogP contribution in [0.4, 0.5) is 0 Å². The summed E-state index contributed by atoms with van der Waals surface area (Å²) in [5, 5.41) is 5.81. The molecule has 1 amide bonds. The van der Waals surface area contributed by atoms with Crippen molar-refractivity contribution in [2.75, 3.05) is 13.6 Å². The summed E-state index contributed by atoms with van der Waals surface area (Å²) in [6, 6.07) is 1.92. The molecule has 14 heavy (non-hydrogen) atoms. The summed E-state index contributed by atoms with van der Waals surface area (Å²) in [7, 11) is 1.65. The minimum atomic E-state index is 0.0927. The van der Waals surface area contributed by atoms with E-state index in [2.05, 4.69) is 10.6 Å². The highest BCUT2D eigenvalue weighted by atomic mass is 16.3. The van der Waals surface area contributed by atoms with Crippen LogP contribution in [0.3, 0.4) is 0 Å². The summed E-state index contributed by atoms with van der Waals surface area (Å²) in [6.07, 6.45) is 4.81. The van der Waals surface area contributed by atoms with Crippen molar-refractivity contribution < 1.29 is 9.21 Å². The van der Waals surface area contributed by atoms with Crippen LogP contribution >= 0.6 is 0 Å². The van der Waals surface area contributed by atoms with Gasteiger partial charge in [-0.2, -0.15) is 0 Å². The highest BCUT2D eigenvalue weighted by Gasteiger charge is 1.97. The van der Waals surface area contributed by atoms with Gasteiger partial charge in [0.2, 0.25) is 5.91 Å². The predicted molar refractivity (Wildman–Crippen MR) is 53.7 cm³/mol. The van der Waals surface area contributed by atoms with Crippen LogP contribution in [0.5, 0.6) is 0 Å². The largest absolute Gasteiger partial charge is 0.472 e. The van der Waals surface area contributed by atoms with E-state index in [1.54, 1.807) is 19.6 Å². The van der Waals surface area contributed by atoms with Crippen molar-refractivity contribution in [3.8, 4) is 0 Å². The van der Waals surface area contributed by atoms with Crippen molar-refractivity contribution in [2.24, 2.45) is 0 Å². The number of furan rings is 1. The van der Waals surface area contributed by atoms with Gasteiger partial charge in [0.1, 0.15) is 0 Å². The Labute approximate surface area is 83.7 Å². The van der Waals surface area contributed by atoms with E-state index in [-0.39, 0.29) is 5.91 Å². The second kappa shape index (κ2) is 6.21. The summed E-state index contributed by atoms with van der Waals surface area (Å²) in [6.45, 7) is 1.64. The number of hydrogen-bond acceptors (Lipinski definition) is 3. The molecule has 0 aliphatic carbocycles. The fraction of sp³-hybridized carbons (Fsp3) is 0.500. The minimum absolute atomic E-state index is 0.0927. The van der Waals surface area contributed by atoms with Crippen molar-refractivity contribution in [1.29, 1.82) is 0 Å². The maximum Gasteiger partial charge on any atom is 0.219 e. The van der Waals surface area contributed by atoms with Crippen LogP contribution < -0.4 is 10.6 Å². The SMILES string of the molecule is CNC(=O)CCCNCc1ccoc1. The third-order valence-electron chi connectivity index (χ3n) is 1.95. The number of carbonyl (C=O) groups is 1. The van der Waals surface area contributed by atoms with Crippen molar-refractivity contribution in [2.45, 2.75) is 19.4 Å². The third-order valence-corrected chi connectivity index (χ3v) is 1.95. The average molecular weight is 196 g/mol. The molecule has 0 aliphatic rings. The second-order valence-electron chi connectivity index (χ2n) is 3.09. The first-order chi connectivity index (χ1) is 6.83. The Morgan fingerprint density at radius 3 is 3.07 bits per heavy atom.